The van der Waals surface area contributed by atoms with E-state index < -0.39 is 0 Å². The molecular weight excluding hydrogens is 208 g/mol. The van der Waals surface area contributed by atoms with Gasteiger partial charge in [-0.3, -0.25) is 19.6 Å². The molecule has 0 bridgehead atoms. The van der Waals surface area contributed by atoms with Gasteiger partial charge in [0.1, 0.15) is 12.2 Å². The summed E-state index contributed by atoms with van der Waals surface area (Å²) in [6.07, 6.45) is 1.36. The Hall–Kier alpha value is -1.72. The van der Waals surface area contributed by atoms with Gasteiger partial charge in [-0.1, -0.05) is 13.8 Å². The van der Waals surface area contributed by atoms with Crippen LogP contribution in [-0.4, -0.2) is 31.9 Å². The summed E-state index contributed by atoms with van der Waals surface area (Å²) >= 11 is 0. The fourth-order valence-electron chi connectivity index (χ4n) is 1.90. The third kappa shape index (κ3) is 1.41. The molecule has 16 heavy (non-hydrogen) atoms. The summed E-state index contributed by atoms with van der Waals surface area (Å²) < 4.78 is 0. The number of carbonyl (C=O) groups is 2. The van der Waals surface area contributed by atoms with Crippen LogP contribution in [0.25, 0.3) is 0 Å². The number of hydrogen-bond acceptors (Lipinski definition) is 4. The summed E-state index contributed by atoms with van der Waals surface area (Å²) in [7, 11) is 0. The molecule has 2 amide bonds. The molecule has 1 saturated heterocycles. The number of aromatic nitrogens is 3. The van der Waals surface area contributed by atoms with Gasteiger partial charge in [0.25, 0.3) is 0 Å². The van der Waals surface area contributed by atoms with E-state index in [0.717, 1.165) is 0 Å². The lowest BCUT2D eigenvalue weighted by Gasteiger charge is -2.20. The van der Waals surface area contributed by atoms with Crippen molar-refractivity contribution >= 4 is 11.8 Å². The summed E-state index contributed by atoms with van der Waals surface area (Å²) in [6.45, 7) is 5.32. The summed E-state index contributed by atoms with van der Waals surface area (Å²) in [5.41, 5.74) is 0. The highest BCUT2D eigenvalue weighted by molar-refractivity contribution is 6.05. The number of likely N-dealkylation sites (tertiary alicyclic amines) is 1. The van der Waals surface area contributed by atoms with Crippen LogP contribution in [0.3, 0.4) is 0 Å². The number of nitrogens with one attached hydrogen (secondary N) is 1. The van der Waals surface area contributed by atoms with Crippen molar-refractivity contribution in [2.24, 2.45) is 11.8 Å². The Morgan fingerprint density at radius 3 is 2.31 bits per heavy atom. The van der Waals surface area contributed by atoms with Crippen molar-refractivity contribution in [2.45, 2.75) is 26.8 Å². The van der Waals surface area contributed by atoms with Crippen LogP contribution in [0.5, 0.6) is 0 Å². The van der Waals surface area contributed by atoms with Crippen molar-refractivity contribution < 1.29 is 9.59 Å². The second-order valence-corrected chi connectivity index (χ2v) is 4.17. The van der Waals surface area contributed by atoms with Crippen LogP contribution < -0.4 is 0 Å². The van der Waals surface area contributed by atoms with Gasteiger partial charge in [0.05, 0.1) is 6.04 Å². The van der Waals surface area contributed by atoms with E-state index in [2.05, 4.69) is 15.2 Å². The number of amides is 2. The first kappa shape index (κ1) is 10.8. The molecule has 0 spiro atoms. The van der Waals surface area contributed by atoms with Gasteiger partial charge in [-0.05, 0) is 6.92 Å². The smallest absolute Gasteiger partial charge is 0.233 e. The highest BCUT2D eigenvalue weighted by Gasteiger charge is 2.45. The maximum atomic E-state index is 11.9. The van der Waals surface area contributed by atoms with E-state index in [0.29, 0.717) is 5.82 Å². The average molecular weight is 222 g/mol. The van der Waals surface area contributed by atoms with Crippen LogP contribution in [0.4, 0.5) is 0 Å². The standard InChI is InChI=1S/C10H14N4O2/c1-5-6(2)10(16)14(9(5)15)7(3)8-11-4-12-13-8/h4-7H,1-3H3,(H,11,12,13). The maximum absolute atomic E-state index is 11.9. The Bertz CT molecular complexity index is 394. The number of rotatable bonds is 2. The van der Waals surface area contributed by atoms with Crippen LogP contribution in [0.2, 0.25) is 0 Å². The highest BCUT2D eigenvalue weighted by Crippen LogP contribution is 2.31. The largest absolute Gasteiger partial charge is 0.274 e. The normalized spacial score (nSPS) is 27.6. The Kier molecular flexibility index (Phi) is 2.49. The lowest BCUT2D eigenvalue weighted by Crippen LogP contribution is -2.34. The molecule has 1 aromatic rings. The molecule has 0 radical (unpaired) electrons. The van der Waals surface area contributed by atoms with E-state index >= 15 is 0 Å². The Labute approximate surface area is 93.0 Å². The van der Waals surface area contributed by atoms with Crippen LogP contribution >= 0.6 is 0 Å². The summed E-state index contributed by atoms with van der Waals surface area (Å²) in [5.74, 6) is -0.249. The molecule has 3 atom stereocenters. The molecule has 1 fully saturated rings. The van der Waals surface area contributed by atoms with Gasteiger partial charge >= 0.3 is 0 Å². The molecule has 0 aliphatic carbocycles. The van der Waals surface area contributed by atoms with E-state index in [1.165, 1.54) is 11.2 Å². The molecule has 1 aliphatic heterocycles. The number of imide groups is 1. The van der Waals surface area contributed by atoms with Gasteiger partial charge in [-0.25, -0.2) is 4.98 Å². The lowest BCUT2D eigenvalue weighted by atomic mass is 10.00. The van der Waals surface area contributed by atoms with Crippen molar-refractivity contribution in [3.63, 3.8) is 0 Å². The first-order valence-corrected chi connectivity index (χ1v) is 5.26. The molecule has 86 valence electrons. The zero-order valence-electron chi connectivity index (χ0n) is 9.47. The number of carbonyl (C=O) groups excluding carboxylic acids is 2. The third-order valence-corrected chi connectivity index (χ3v) is 3.22. The van der Waals surface area contributed by atoms with Crippen LogP contribution in [0.15, 0.2) is 6.33 Å². The minimum atomic E-state index is -0.380. The van der Waals surface area contributed by atoms with Crippen molar-refractivity contribution in [2.75, 3.05) is 0 Å². The fraction of sp³-hybridized carbons (Fsp3) is 0.600. The number of aromatic amines is 1. The minimum absolute atomic E-state index is 0.138. The molecule has 1 aliphatic rings. The van der Waals surface area contributed by atoms with E-state index in [1.54, 1.807) is 20.8 Å². The fourth-order valence-corrected chi connectivity index (χ4v) is 1.90. The molecule has 1 N–H and O–H groups in total. The van der Waals surface area contributed by atoms with E-state index in [4.69, 9.17) is 0 Å². The first-order valence-electron chi connectivity index (χ1n) is 5.26. The molecule has 6 nitrogen and oxygen atoms in total. The zero-order chi connectivity index (χ0) is 11.9. The zero-order valence-corrected chi connectivity index (χ0v) is 9.47. The first-order chi connectivity index (χ1) is 7.54. The Balaban J connectivity index is 2.28. The van der Waals surface area contributed by atoms with E-state index in [9.17, 15) is 9.59 Å². The third-order valence-electron chi connectivity index (χ3n) is 3.22. The lowest BCUT2D eigenvalue weighted by molar-refractivity contribution is -0.142. The molecule has 2 rings (SSSR count). The van der Waals surface area contributed by atoms with E-state index in [-0.39, 0.29) is 29.7 Å². The number of hydrogen-bond donors (Lipinski definition) is 1. The van der Waals surface area contributed by atoms with Crippen molar-refractivity contribution in [1.82, 2.24) is 20.1 Å². The van der Waals surface area contributed by atoms with Gasteiger partial charge in [0, 0.05) is 11.8 Å². The molecule has 6 heteroatoms. The predicted octanol–water partition coefficient (Wildman–Crippen LogP) is 0.507. The second-order valence-electron chi connectivity index (χ2n) is 4.17. The summed E-state index contributed by atoms with van der Waals surface area (Å²) in [5, 5.41) is 6.39. The van der Waals surface area contributed by atoms with Crippen molar-refractivity contribution in [1.29, 1.82) is 0 Å². The molecule has 0 saturated carbocycles. The topological polar surface area (TPSA) is 79.0 Å². The molecule has 0 aromatic carbocycles. The van der Waals surface area contributed by atoms with Crippen LogP contribution in [-0.2, 0) is 9.59 Å². The predicted molar refractivity (Wildman–Crippen MR) is 55.0 cm³/mol. The Morgan fingerprint density at radius 1 is 1.31 bits per heavy atom. The highest BCUT2D eigenvalue weighted by atomic mass is 16.2. The van der Waals surface area contributed by atoms with Gasteiger partial charge in [0.2, 0.25) is 11.8 Å². The monoisotopic (exact) mass is 222 g/mol. The molecule has 2 heterocycles. The quantitative estimate of drug-likeness (QED) is 0.739. The molecule has 1 aromatic heterocycles. The average Bonchev–Trinajstić information content (AvgIpc) is 2.84. The van der Waals surface area contributed by atoms with Gasteiger partial charge in [-0.15, -0.1) is 0 Å². The van der Waals surface area contributed by atoms with E-state index in [1.807, 2.05) is 0 Å². The van der Waals surface area contributed by atoms with Crippen LogP contribution in [0.1, 0.15) is 32.6 Å². The van der Waals surface area contributed by atoms with Gasteiger partial charge in [-0.2, -0.15) is 5.10 Å². The second kappa shape index (κ2) is 3.70. The Morgan fingerprint density at radius 2 is 1.88 bits per heavy atom. The summed E-state index contributed by atoms with van der Waals surface area (Å²) in [6, 6.07) is -0.380. The number of nitrogens with zero attached hydrogens (tertiary/aromatic N) is 3. The van der Waals surface area contributed by atoms with Gasteiger partial charge in [0.15, 0.2) is 0 Å². The van der Waals surface area contributed by atoms with Crippen LogP contribution in [0, 0.1) is 11.8 Å². The van der Waals surface area contributed by atoms with Crippen molar-refractivity contribution in [3.8, 4) is 0 Å². The SMILES string of the molecule is CC1C(=O)N(C(C)c2ncn[nH]2)C(=O)C1C. The van der Waals surface area contributed by atoms with Crippen molar-refractivity contribution in [3.05, 3.63) is 12.2 Å². The maximum Gasteiger partial charge on any atom is 0.233 e. The summed E-state index contributed by atoms with van der Waals surface area (Å²) in [4.78, 5) is 29.1. The van der Waals surface area contributed by atoms with Gasteiger partial charge < -0.3 is 0 Å². The number of H-pyrrole nitrogens is 1. The minimum Gasteiger partial charge on any atom is -0.274 e. The molecule has 3 unspecified atom stereocenters. The molecular formula is C10H14N4O2.